The molecule has 6 nitrogen and oxygen atoms in total. The number of nitrogens with zero attached hydrogens (tertiary/aromatic N) is 1. The Balaban J connectivity index is 3.03. The third-order valence-electron chi connectivity index (χ3n) is 2.36. The second-order valence-electron chi connectivity index (χ2n) is 3.74. The summed E-state index contributed by atoms with van der Waals surface area (Å²) in [6, 6.07) is 3.12. The van der Waals surface area contributed by atoms with Crippen LogP contribution in [0.5, 0.6) is 0 Å². The monoisotopic (exact) mass is 272 g/mol. The lowest BCUT2D eigenvalue weighted by Gasteiger charge is -2.15. The van der Waals surface area contributed by atoms with Crippen molar-refractivity contribution in [1.29, 1.82) is 0 Å². The van der Waals surface area contributed by atoms with E-state index in [-0.39, 0.29) is 11.4 Å². The van der Waals surface area contributed by atoms with E-state index in [1.165, 1.54) is 18.2 Å². The molecule has 0 amide bonds. The lowest BCUT2D eigenvalue weighted by molar-refractivity contribution is -0.384. The molecule has 98 valence electrons. The summed E-state index contributed by atoms with van der Waals surface area (Å²) in [4.78, 5) is 21.2. The molecule has 0 fully saturated rings. The van der Waals surface area contributed by atoms with Crippen molar-refractivity contribution in [3.05, 3.63) is 33.3 Å². The number of anilines is 1. The Bertz CT molecular complexity index is 464. The van der Waals surface area contributed by atoms with E-state index in [9.17, 15) is 14.9 Å². The number of halogens is 1. The van der Waals surface area contributed by atoms with Crippen molar-refractivity contribution in [1.82, 2.24) is 0 Å². The molecule has 0 aliphatic heterocycles. The first-order valence-corrected chi connectivity index (χ1v) is 5.76. The molecule has 0 aromatic heterocycles. The van der Waals surface area contributed by atoms with Crippen molar-refractivity contribution in [2.45, 2.75) is 25.8 Å². The van der Waals surface area contributed by atoms with Gasteiger partial charge >= 0.3 is 5.97 Å². The van der Waals surface area contributed by atoms with Gasteiger partial charge in [0.15, 0.2) is 0 Å². The van der Waals surface area contributed by atoms with Crippen molar-refractivity contribution in [2.24, 2.45) is 0 Å². The molecule has 7 heteroatoms. The number of hydrogen-bond acceptors (Lipinski definition) is 4. The van der Waals surface area contributed by atoms with Crippen LogP contribution in [-0.2, 0) is 4.79 Å². The summed E-state index contributed by atoms with van der Waals surface area (Å²) in [5.74, 6) is -1.05. The molecule has 0 unspecified atom stereocenters. The van der Waals surface area contributed by atoms with Crippen molar-refractivity contribution >= 4 is 28.9 Å². The van der Waals surface area contributed by atoms with Gasteiger partial charge in [0.05, 0.1) is 4.92 Å². The molecule has 0 aliphatic carbocycles. The van der Waals surface area contributed by atoms with E-state index in [0.29, 0.717) is 17.9 Å². The summed E-state index contributed by atoms with van der Waals surface area (Å²) in [6.07, 6.45) is 1.03. The number of carbonyl (C=O) groups is 1. The minimum absolute atomic E-state index is 0.119. The fourth-order valence-electron chi connectivity index (χ4n) is 1.52. The van der Waals surface area contributed by atoms with E-state index >= 15 is 0 Å². The molecule has 1 aromatic rings. The third-order valence-corrected chi connectivity index (χ3v) is 2.60. The van der Waals surface area contributed by atoms with Gasteiger partial charge in [0.1, 0.15) is 11.7 Å². The smallest absolute Gasteiger partial charge is 0.326 e. The van der Waals surface area contributed by atoms with Crippen LogP contribution < -0.4 is 5.32 Å². The highest BCUT2D eigenvalue weighted by Crippen LogP contribution is 2.28. The molecular weight excluding hydrogens is 260 g/mol. The molecule has 1 aromatic carbocycles. The van der Waals surface area contributed by atoms with Gasteiger partial charge < -0.3 is 10.4 Å². The first kappa shape index (κ1) is 14.2. The molecule has 0 bridgehead atoms. The number of nitrogens with one attached hydrogen (secondary N) is 1. The summed E-state index contributed by atoms with van der Waals surface area (Å²) in [6.45, 7) is 1.84. The van der Waals surface area contributed by atoms with Gasteiger partial charge in [-0.25, -0.2) is 4.79 Å². The van der Waals surface area contributed by atoms with Gasteiger partial charge in [-0.05, 0) is 18.6 Å². The van der Waals surface area contributed by atoms with Crippen molar-refractivity contribution < 1.29 is 14.8 Å². The maximum atomic E-state index is 11.0. The predicted molar refractivity (Wildman–Crippen MR) is 68.1 cm³/mol. The summed E-state index contributed by atoms with van der Waals surface area (Å²) >= 11 is 5.75. The largest absolute Gasteiger partial charge is 0.480 e. The topological polar surface area (TPSA) is 92.5 Å². The van der Waals surface area contributed by atoms with Gasteiger partial charge in [-0.15, -0.1) is 0 Å². The average Bonchev–Trinajstić information content (AvgIpc) is 2.28. The van der Waals surface area contributed by atoms with Gasteiger partial charge in [-0.1, -0.05) is 24.9 Å². The second kappa shape index (κ2) is 6.20. The van der Waals surface area contributed by atoms with Crippen LogP contribution >= 0.6 is 11.6 Å². The zero-order chi connectivity index (χ0) is 13.7. The Morgan fingerprint density at radius 1 is 1.61 bits per heavy atom. The van der Waals surface area contributed by atoms with Gasteiger partial charge in [-0.3, -0.25) is 10.1 Å². The highest BCUT2D eigenvalue weighted by Gasteiger charge is 2.21. The van der Waals surface area contributed by atoms with E-state index in [2.05, 4.69) is 5.32 Å². The Morgan fingerprint density at radius 3 is 2.78 bits per heavy atom. The summed E-state index contributed by atoms with van der Waals surface area (Å²) in [5, 5.41) is 22.8. The minimum atomic E-state index is -1.05. The van der Waals surface area contributed by atoms with Crippen LogP contribution in [0.2, 0.25) is 5.02 Å². The molecule has 0 saturated heterocycles. The molecule has 0 spiro atoms. The first-order valence-electron chi connectivity index (χ1n) is 5.39. The molecule has 18 heavy (non-hydrogen) atoms. The number of nitro benzene ring substituents is 1. The molecule has 1 rings (SSSR count). The Kier molecular flexibility index (Phi) is 4.91. The van der Waals surface area contributed by atoms with Crippen molar-refractivity contribution in [3.63, 3.8) is 0 Å². The van der Waals surface area contributed by atoms with Crippen LogP contribution in [0.3, 0.4) is 0 Å². The number of rotatable bonds is 6. The van der Waals surface area contributed by atoms with Gasteiger partial charge in [0, 0.05) is 11.1 Å². The van der Waals surface area contributed by atoms with E-state index in [1.54, 1.807) is 0 Å². The lowest BCUT2D eigenvalue weighted by atomic mass is 10.1. The number of benzene rings is 1. The van der Waals surface area contributed by atoms with Crippen LogP contribution in [0.1, 0.15) is 19.8 Å². The Morgan fingerprint density at radius 2 is 2.28 bits per heavy atom. The zero-order valence-corrected chi connectivity index (χ0v) is 10.5. The average molecular weight is 273 g/mol. The highest BCUT2D eigenvalue weighted by molar-refractivity contribution is 6.31. The molecule has 0 saturated carbocycles. The van der Waals surface area contributed by atoms with Gasteiger partial charge in [0.2, 0.25) is 0 Å². The van der Waals surface area contributed by atoms with Gasteiger partial charge in [-0.2, -0.15) is 0 Å². The highest BCUT2D eigenvalue weighted by atomic mass is 35.5. The standard InChI is InChI=1S/C11H13ClN2O4/c1-2-3-8(11(15)16)13-9-6-7(12)4-5-10(9)14(17)18/h4-6,8,13H,2-3H2,1H3,(H,15,16)/t8-/m0/s1. The summed E-state index contributed by atoms with van der Waals surface area (Å²) in [7, 11) is 0. The number of carboxylic acid groups (broad SMARTS) is 1. The van der Waals surface area contributed by atoms with Crippen LogP contribution in [0.15, 0.2) is 18.2 Å². The molecule has 1 atom stereocenters. The number of aliphatic carboxylic acids is 1. The maximum Gasteiger partial charge on any atom is 0.326 e. The molecule has 0 aliphatic rings. The summed E-state index contributed by atoms with van der Waals surface area (Å²) in [5.41, 5.74) is -0.0740. The van der Waals surface area contributed by atoms with Crippen molar-refractivity contribution in [3.8, 4) is 0 Å². The number of nitro groups is 1. The minimum Gasteiger partial charge on any atom is -0.480 e. The normalized spacial score (nSPS) is 11.9. The number of hydrogen-bond donors (Lipinski definition) is 2. The van der Waals surface area contributed by atoms with Crippen LogP contribution in [0, 0.1) is 10.1 Å². The van der Waals surface area contributed by atoms with Gasteiger partial charge in [0.25, 0.3) is 5.69 Å². The quantitative estimate of drug-likeness (QED) is 0.613. The van der Waals surface area contributed by atoms with Crippen molar-refractivity contribution in [2.75, 3.05) is 5.32 Å². The number of carboxylic acids is 1. The second-order valence-corrected chi connectivity index (χ2v) is 4.18. The predicted octanol–water partition coefficient (Wildman–Crippen LogP) is 2.91. The third kappa shape index (κ3) is 3.59. The molecule has 2 N–H and O–H groups in total. The van der Waals surface area contributed by atoms with E-state index in [1.807, 2.05) is 6.92 Å². The molecule has 0 radical (unpaired) electrons. The lowest BCUT2D eigenvalue weighted by Crippen LogP contribution is -2.29. The van der Waals surface area contributed by atoms with Crippen LogP contribution in [0.25, 0.3) is 0 Å². The maximum absolute atomic E-state index is 11.0. The molecule has 0 heterocycles. The fraction of sp³-hybridized carbons (Fsp3) is 0.364. The van der Waals surface area contributed by atoms with E-state index in [4.69, 9.17) is 16.7 Å². The first-order chi connectivity index (χ1) is 8.45. The fourth-order valence-corrected chi connectivity index (χ4v) is 1.69. The SMILES string of the molecule is CCC[C@H](Nc1cc(Cl)ccc1[N+](=O)[O-])C(=O)O. The van der Waals surface area contributed by atoms with Crippen LogP contribution in [-0.4, -0.2) is 22.0 Å². The Hall–Kier alpha value is -1.82. The van der Waals surface area contributed by atoms with Crippen LogP contribution in [0.4, 0.5) is 11.4 Å². The van der Waals surface area contributed by atoms with E-state index < -0.39 is 16.9 Å². The Labute approximate surface area is 109 Å². The zero-order valence-electron chi connectivity index (χ0n) is 9.72. The molecular formula is C11H13ClN2O4. The van der Waals surface area contributed by atoms with E-state index in [0.717, 1.165) is 0 Å². The summed E-state index contributed by atoms with van der Waals surface area (Å²) < 4.78 is 0.